The van der Waals surface area contributed by atoms with E-state index in [-0.39, 0.29) is 11.4 Å². The first kappa shape index (κ1) is 17.0. The fraction of sp³-hybridized carbons (Fsp3) is 0.250. The second-order valence-electron chi connectivity index (χ2n) is 4.89. The molecule has 0 fully saturated rings. The first-order chi connectivity index (χ1) is 10.4. The number of ether oxygens (including phenoxy) is 1. The van der Waals surface area contributed by atoms with E-state index in [0.717, 1.165) is 15.8 Å². The van der Waals surface area contributed by atoms with Gasteiger partial charge >= 0.3 is 0 Å². The molecule has 0 aliphatic heterocycles. The molecule has 0 aromatic heterocycles. The van der Waals surface area contributed by atoms with Crippen LogP contribution in [0.25, 0.3) is 0 Å². The van der Waals surface area contributed by atoms with Crippen molar-refractivity contribution in [3.63, 3.8) is 0 Å². The number of halogens is 1. The summed E-state index contributed by atoms with van der Waals surface area (Å²) < 4.78 is 32.6. The predicted molar refractivity (Wildman–Crippen MR) is 90.6 cm³/mol. The lowest BCUT2D eigenvalue weighted by atomic mass is 10.2. The third-order valence-corrected chi connectivity index (χ3v) is 5.68. The third-order valence-electron chi connectivity index (χ3n) is 3.28. The number of rotatable bonds is 6. The Labute approximate surface area is 139 Å². The summed E-state index contributed by atoms with van der Waals surface area (Å²) in [5, 5.41) is 0. The van der Waals surface area contributed by atoms with E-state index in [4.69, 9.17) is 4.74 Å². The van der Waals surface area contributed by atoms with E-state index in [9.17, 15) is 8.42 Å². The van der Waals surface area contributed by atoms with Crippen LogP contribution in [0.4, 0.5) is 0 Å². The highest BCUT2D eigenvalue weighted by Crippen LogP contribution is 2.19. The molecule has 0 saturated heterocycles. The molecule has 0 heterocycles. The summed E-state index contributed by atoms with van der Waals surface area (Å²) in [5.41, 5.74) is 1.03. The molecule has 118 valence electrons. The molecule has 6 heteroatoms. The lowest BCUT2D eigenvalue weighted by Gasteiger charge is -2.18. The Bertz CT molecular complexity index is 729. The quantitative estimate of drug-likeness (QED) is 0.767. The molecule has 0 radical (unpaired) electrons. The van der Waals surface area contributed by atoms with E-state index in [1.807, 2.05) is 31.2 Å². The van der Waals surface area contributed by atoms with Crippen LogP contribution < -0.4 is 4.74 Å². The Morgan fingerprint density at radius 3 is 2.36 bits per heavy atom. The molecular weight excluding hydrogens is 366 g/mol. The van der Waals surface area contributed by atoms with E-state index in [2.05, 4.69) is 15.9 Å². The average molecular weight is 384 g/mol. The van der Waals surface area contributed by atoms with Crippen molar-refractivity contribution in [1.29, 1.82) is 0 Å². The average Bonchev–Trinajstić information content (AvgIpc) is 2.49. The number of hydrogen-bond acceptors (Lipinski definition) is 3. The largest absolute Gasteiger partial charge is 0.492 e. The van der Waals surface area contributed by atoms with Crippen LogP contribution in [-0.4, -0.2) is 32.9 Å². The van der Waals surface area contributed by atoms with Crippen LogP contribution >= 0.6 is 15.9 Å². The van der Waals surface area contributed by atoms with Crippen molar-refractivity contribution in [2.24, 2.45) is 0 Å². The zero-order valence-corrected chi connectivity index (χ0v) is 14.9. The first-order valence-corrected chi connectivity index (χ1v) is 9.05. The summed E-state index contributed by atoms with van der Waals surface area (Å²) in [6, 6.07) is 14.2. The van der Waals surface area contributed by atoms with Gasteiger partial charge in [0.15, 0.2) is 0 Å². The minimum absolute atomic E-state index is 0.272. The van der Waals surface area contributed by atoms with Gasteiger partial charge in [-0.25, -0.2) is 8.42 Å². The maximum absolute atomic E-state index is 12.4. The van der Waals surface area contributed by atoms with Gasteiger partial charge in [0, 0.05) is 18.1 Å². The fourth-order valence-corrected chi connectivity index (χ4v) is 3.33. The van der Waals surface area contributed by atoms with E-state index >= 15 is 0 Å². The SMILES string of the molecule is Cc1ccccc1OCCN(C)S(=O)(=O)c1ccc(Br)cc1. The number of nitrogens with zero attached hydrogens (tertiary/aromatic N) is 1. The van der Waals surface area contributed by atoms with Crippen molar-refractivity contribution >= 4 is 26.0 Å². The Kier molecular flexibility index (Phi) is 5.61. The lowest BCUT2D eigenvalue weighted by Crippen LogP contribution is -2.31. The number of sulfonamides is 1. The van der Waals surface area contributed by atoms with Crippen LogP contribution in [0.15, 0.2) is 57.9 Å². The molecule has 0 atom stereocenters. The highest BCUT2D eigenvalue weighted by Gasteiger charge is 2.20. The van der Waals surface area contributed by atoms with Gasteiger partial charge in [-0.1, -0.05) is 34.1 Å². The minimum Gasteiger partial charge on any atom is -0.492 e. The number of benzene rings is 2. The number of para-hydroxylation sites is 1. The van der Waals surface area contributed by atoms with Crippen LogP contribution in [0.2, 0.25) is 0 Å². The van der Waals surface area contributed by atoms with Crippen LogP contribution in [0.1, 0.15) is 5.56 Å². The van der Waals surface area contributed by atoms with E-state index in [0.29, 0.717) is 6.61 Å². The molecule has 0 spiro atoms. The van der Waals surface area contributed by atoms with Crippen molar-refractivity contribution in [2.45, 2.75) is 11.8 Å². The maximum Gasteiger partial charge on any atom is 0.242 e. The molecule has 0 aliphatic rings. The van der Waals surface area contributed by atoms with Crippen molar-refractivity contribution < 1.29 is 13.2 Å². The van der Waals surface area contributed by atoms with Gasteiger partial charge in [-0.05, 0) is 42.8 Å². The summed E-state index contributed by atoms with van der Waals surface area (Å²) in [6.45, 7) is 2.54. The molecule has 2 aromatic carbocycles. The number of likely N-dealkylation sites (N-methyl/N-ethyl adjacent to an activating group) is 1. The normalized spacial score (nSPS) is 11.6. The maximum atomic E-state index is 12.4. The summed E-state index contributed by atoms with van der Waals surface area (Å²) >= 11 is 3.30. The molecule has 22 heavy (non-hydrogen) atoms. The molecule has 0 bridgehead atoms. The van der Waals surface area contributed by atoms with Gasteiger partial charge in [0.05, 0.1) is 4.90 Å². The molecular formula is C16H18BrNO3S. The van der Waals surface area contributed by atoms with Gasteiger partial charge in [0.2, 0.25) is 10.0 Å². The topological polar surface area (TPSA) is 46.6 Å². The predicted octanol–water partition coefficient (Wildman–Crippen LogP) is 3.46. The van der Waals surface area contributed by atoms with Gasteiger partial charge < -0.3 is 4.74 Å². The van der Waals surface area contributed by atoms with Gasteiger partial charge in [-0.3, -0.25) is 0 Å². The Morgan fingerprint density at radius 1 is 1.09 bits per heavy atom. The molecule has 4 nitrogen and oxygen atoms in total. The van der Waals surface area contributed by atoms with Gasteiger partial charge in [-0.2, -0.15) is 4.31 Å². The van der Waals surface area contributed by atoms with E-state index in [1.54, 1.807) is 31.3 Å². The van der Waals surface area contributed by atoms with Crippen LogP contribution in [0.5, 0.6) is 5.75 Å². The number of aryl methyl sites for hydroxylation is 1. The first-order valence-electron chi connectivity index (χ1n) is 6.81. The minimum atomic E-state index is -3.49. The zero-order valence-electron chi connectivity index (χ0n) is 12.5. The van der Waals surface area contributed by atoms with Gasteiger partial charge in [0.25, 0.3) is 0 Å². The van der Waals surface area contributed by atoms with Gasteiger partial charge in [-0.15, -0.1) is 0 Å². The van der Waals surface area contributed by atoms with Crippen molar-refractivity contribution in [3.8, 4) is 5.75 Å². The Balaban J connectivity index is 1.98. The fourth-order valence-electron chi connectivity index (χ4n) is 1.91. The second-order valence-corrected chi connectivity index (χ2v) is 7.86. The second kappa shape index (κ2) is 7.26. The lowest BCUT2D eigenvalue weighted by molar-refractivity contribution is 0.285. The summed E-state index contributed by atoms with van der Waals surface area (Å²) in [6.07, 6.45) is 0. The van der Waals surface area contributed by atoms with Crippen molar-refractivity contribution in [3.05, 3.63) is 58.6 Å². The smallest absolute Gasteiger partial charge is 0.242 e. The summed E-state index contributed by atoms with van der Waals surface area (Å²) in [4.78, 5) is 0.272. The van der Waals surface area contributed by atoms with Crippen LogP contribution in [-0.2, 0) is 10.0 Å². The molecule has 0 amide bonds. The molecule has 0 N–H and O–H groups in total. The Hall–Kier alpha value is -1.37. The Morgan fingerprint density at radius 2 is 1.73 bits per heavy atom. The zero-order chi connectivity index (χ0) is 16.2. The summed E-state index contributed by atoms with van der Waals surface area (Å²) in [7, 11) is -1.93. The standard InChI is InChI=1S/C16H18BrNO3S/c1-13-5-3-4-6-16(13)21-12-11-18(2)22(19,20)15-9-7-14(17)8-10-15/h3-10H,11-12H2,1-2H3. The van der Waals surface area contributed by atoms with Crippen molar-refractivity contribution in [2.75, 3.05) is 20.2 Å². The number of hydrogen-bond donors (Lipinski definition) is 0. The van der Waals surface area contributed by atoms with Crippen molar-refractivity contribution in [1.82, 2.24) is 4.31 Å². The van der Waals surface area contributed by atoms with E-state index in [1.165, 1.54) is 4.31 Å². The van der Waals surface area contributed by atoms with E-state index < -0.39 is 10.0 Å². The highest BCUT2D eigenvalue weighted by atomic mass is 79.9. The molecule has 0 aliphatic carbocycles. The molecule has 2 rings (SSSR count). The monoisotopic (exact) mass is 383 g/mol. The highest BCUT2D eigenvalue weighted by molar-refractivity contribution is 9.10. The third kappa shape index (κ3) is 4.09. The molecule has 0 unspecified atom stereocenters. The summed E-state index contributed by atoms with van der Waals surface area (Å²) in [5.74, 6) is 0.775. The molecule has 0 saturated carbocycles. The molecule has 2 aromatic rings. The van der Waals surface area contributed by atoms with Crippen LogP contribution in [0.3, 0.4) is 0 Å². The van der Waals surface area contributed by atoms with Crippen LogP contribution in [0, 0.1) is 6.92 Å². The van der Waals surface area contributed by atoms with Gasteiger partial charge in [0.1, 0.15) is 12.4 Å².